The SMILES string of the molecule is N#Cc1ccc(N[C@@H]2CCN(C(=O)O[C@H]3C[C@H]4CC[C@@H](C3)N4)C2)nc1. The summed E-state index contributed by atoms with van der Waals surface area (Å²) in [5.74, 6) is 0.731. The highest BCUT2D eigenvalue weighted by atomic mass is 16.6. The van der Waals surface area contributed by atoms with Gasteiger partial charge >= 0.3 is 6.09 Å². The van der Waals surface area contributed by atoms with Crippen molar-refractivity contribution in [2.45, 2.75) is 56.3 Å². The third-order valence-corrected chi connectivity index (χ3v) is 5.39. The number of nitriles is 1. The number of fused-ring (bicyclic) bond motifs is 2. The van der Waals surface area contributed by atoms with Crippen molar-refractivity contribution in [3.63, 3.8) is 0 Å². The van der Waals surface area contributed by atoms with Gasteiger partial charge in [0.2, 0.25) is 0 Å². The molecule has 0 aliphatic carbocycles. The quantitative estimate of drug-likeness (QED) is 0.872. The monoisotopic (exact) mass is 341 g/mol. The molecule has 3 saturated heterocycles. The third kappa shape index (κ3) is 3.69. The van der Waals surface area contributed by atoms with Crippen LogP contribution in [0.3, 0.4) is 0 Å². The van der Waals surface area contributed by atoms with Gasteiger partial charge < -0.3 is 20.3 Å². The zero-order valence-corrected chi connectivity index (χ0v) is 14.1. The third-order valence-electron chi connectivity index (χ3n) is 5.39. The minimum absolute atomic E-state index is 0.0541. The van der Waals surface area contributed by atoms with Crippen molar-refractivity contribution in [1.82, 2.24) is 15.2 Å². The number of aromatic nitrogens is 1. The number of ether oxygens (including phenoxy) is 1. The first kappa shape index (κ1) is 16.2. The molecule has 0 saturated carbocycles. The Morgan fingerprint density at radius 3 is 2.80 bits per heavy atom. The molecule has 3 fully saturated rings. The summed E-state index contributed by atoms with van der Waals surface area (Å²) in [6, 6.07) is 6.79. The summed E-state index contributed by atoms with van der Waals surface area (Å²) < 4.78 is 5.75. The van der Waals surface area contributed by atoms with Gasteiger partial charge in [0.25, 0.3) is 0 Å². The van der Waals surface area contributed by atoms with Crippen LogP contribution >= 0.6 is 0 Å². The second-order valence-corrected chi connectivity index (χ2v) is 7.23. The van der Waals surface area contributed by atoms with Crippen LogP contribution in [0, 0.1) is 11.3 Å². The Hall–Kier alpha value is -2.33. The van der Waals surface area contributed by atoms with Gasteiger partial charge in [0.1, 0.15) is 18.0 Å². The molecule has 0 aromatic carbocycles. The highest BCUT2D eigenvalue weighted by Crippen LogP contribution is 2.29. The molecule has 7 nitrogen and oxygen atoms in total. The molecule has 1 aromatic rings. The summed E-state index contributed by atoms with van der Waals surface area (Å²) >= 11 is 0. The standard InChI is InChI=1S/C18H23N5O2/c19-9-12-1-4-17(20-10-12)22-15-5-6-23(11-15)18(24)25-16-7-13-2-3-14(8-16)21-13/h1,4,10,13-16,21H,2-3,5-8,11H2,(H,20,22)/t13-,14+,15-,16+/m1/s1. The molecule has 132 valence electrons. The Labute approximate surface area is 147 Å². The van der Waals surface area contributed by atoms with Gasteiger partial charge in [-0.25, -0.2) is 9.78 Å². The number of carbonyl (C=O) groups is 1. The van der Waals surface area contributed by atoms with Gasteiger partial charge in [-0.2, -0.15) is 5.26 Å². The van der Waals surface area contributed by atoms with Crippen LogP contribution in [0.25, 0.3) is 0 Å². The van der Waals surface area contributed by atoms with Crippen LogP contribution in [-0.4, -0.2) is 53.3 Å². The normalized spacial score (nSPS) is 30.8. The Balaban J connectivity index is 1.26. The molecule has 0 unspecified atom stereocenters. The van der Waals surface area contributed by atoms with Gasteiger partial charge in [0.05, 0.1) is 5.56 Å². The molecule has 3 aliphatic heterocycles. The number of amides is 1. The van der Waals surface area contributed by atoms with E-state index in [1.165, 1.54) is 12.8 Å². The lowest BCUT2D eigenvalue weighted by molar-refractivity contribution is 0.0442. The van der Waals surface area contributed by atoms with Crippen molar-refractivity contribution in [2.75, 3.05) is 18.4 Å². The summed E-state index contributed by atoms with van der Waals surface area (Å²) in [4.78, 5) is 18.4. The van der Waals surface area contributed by atoms with E-state index in [0.29, 0.717) is 30.7 Å². The molecule has 25 heavy (non-hydrogen) atoms. The summed E-state index contributed by atoms with van der Waals surface area (Å²) in [5, 5.41) is 15.7. The topological polar surface area (TPSA) is 90.3 Å². The predicted molar refractivity (Wildman–Crippen MR) is 92.0 cm³/mol. The molecule has 3 aliphatic rings. The number of rotatable bonds is 3. The second kappa shape index (κ2) is 6.89. The number of anilines is 1. The Bertz CT molecular complexity index is 659. The van der Waals surface area contributed by atoms with E-state index < -0.39 is 0 Å². The van der Waals surface area contributed by atoms with Gasteiger partial charge in [-0.15, -0.1) is 0 Å². The van der Waals surface area contributed by atoms with E-state index in [4.69, 9.17) is 10.00 Å². The van der Waals surface area contributed by atoms with Gasteiger partial charge in [-0.3, -0.25) is 0 Å². The fourth-order valence-corrected chi connectivity index (χ4v) is 4.12. The van der Waals surface area contributed by atoms with Crippen molar-refractivity contribution >= 4 is 11.9 Å². The van der Waals surface area contributed by atoms with Gasteiger partial charge in [0, 0.05) is 37.4 Å². The molecule has 0 radical (unpaired) electrons. The van der Waals surface area contributed by atoms with Crippen molar-refractivity contribution in [1.29, 1.82) is 5.26 Å². The van der Waals surface area contributed by atoms with E-state index in [1.54, 1.807) is 23.2 Å². The average molecular weight is 341 g/mol. The number of hydrogen-bond acceptors (Lipinski definition) is 6. The maximum absolute atomic E-state index is 12.4. The van der Waals surface area contributed by atoms with Crippen molar-refractivity contribution < 1.29 is 9.53 Å². The van der Waals surface area contributed by atoms with Crippen LogP contribution in [0.1, 0.15) is 37.7 Å². The zero-order valence-electron chi connectivity index (χ0n) is 14.1. The second-order valence-electron chi connectivity index (χ2n) is 7.23. The summed E-state index contributed by atoms with van der Waals surface area (Å²) in [7, 11) is 0. The molecule has 4 atom stereocenters. The molecule has 0 spiro atoms. The molecule has 2 bridgehead atoms. The number of likely N-dealkylation sites (tertiary alicyclic amines) is 1. The van der Waals surface area contributed by atoms with E-state index in [9.17, 15) is 4.79 Å². The molecule has 7 heteroatoms. The molecule has 1 aromatic heterocycles. The van der Waals surface area contributed by atoms with Crippen molar-refractivity contribution in [2.24, 2.45) is 0 Å². The average Bonchev–Trinajstić information content (AvgIpc) is 3.22. The first-order valence-corrected chi connectivity index (χ1v) is 9.04. The van der Waals surface area contributed by atoms with Crippen molar-refractivity contribution in [3.8, 4) is 6.07 Å². The van der Waals surface area contributed by atoms with Crippen LogP contribution in [0.4, 0.5) is 10.6 Å². The van der Waals surface area contributed by atoms with Gasteiger partial charge in [0.15, 0.2) is 0 Å². The number of hydrogen-bond donors (Lipinski definition) is 2. The van der Waals surface area contributed by atoms with Crippen LogP contribution in [0.2, 0.25) is 0 Å². The lowest BCUT2D eigenvalue weighted by atomic mass is 10.0. The molecular weight excluding hydrogens is 318 g/mol. The molecule has 4 heterocycles. The van der Waals surface area contributed by atoms with Crippen molar-refractivity contribution in [3.05, 3.63) is 23.9 Å². The fraction of sp³-hybridized carbons (Fsp3) is 0.611. The maximum atomic E-state index is 12.4. The fourth-order valence-electron chi connectivity index (χ4n) is 4.12. The van der Waals surface area contributed by atoms with Crippen LogP contribution in [0.15, 0.2) is 18.3 Å². The lowest BCUT2D eigenvalue weighted by Crippen LogP contribution is -2.44. The van der Waals surface area contributed by atoms with E-state index in [1.807, 2.05) is 0 Å². The molecule has 2 N–H and O–H groups in total. The van der Waals surface area contributed by atoms with Crippen LogP contribution in [0.5, 0.6) is 0 Å². The Kier molecular flexibility index (Phi) is 4.45. The number of carbonyl (C=O) groups excluding carboxylic acids is 1. The minimum Gasteiger partial charge on any atom is -0.446 e. The van der Waals surface area contributed by atoms with Crippen LogP contribution in [-0.2, 0) is 4.74 Å². The number of pyridine rings is 1. The molecule has 4 rings (SSSR count). The lowest BCUT2D eigenvalue weighted by Gasteiger charge is -2.30. The summed E-state index contributed by atoms with van der Waals surface area (Å²) in [5.41, 5.74) is 0.540. The number of nitrogens with zero attached hydrogens (tertiary/aromatic N) is 3. The first-order valence-electron chi connectivity index (χ1n) is 9.04. The van der Waals surface area contributed by atoms with Crippen LogP contribution < -0.4 is 10.6 Å². The molecule has 1 amide bonds. The summed E-state index contributed by atoms with van der Waals surface area (Å²) in [6.07, 6.45) is 6.56. The minimum atomic E-state index is -0.191. The first-order chi connectivity index (χ1) is 12.2. The Morgan fingerprint density at radius 1 is 1.32 bits per heavy atom. The predicted octanol–water partition coefficient (Wildman–Crippen LogP) is 1.86. The highest BCUT2D eigenvalue weighted by molar-refractivity contribution is 5.68. The summed E-state index contributed by atoms with van der Waals surface area (Å²) in [6.45, 7) is 1.32. The van der Waals surface area contributed by atoms with E-state index in [2.05, 4.69) is 21.7 Å². The van der Waals surface area contributed by atoms with E-state index in [0.717, 1.165) is 25.1 Å². The van der Waals surface area contributed by atoms with Gasteiger partial charge in [-0.1, -0.05) is 0 Å². The Morgan fingerprint density at radius 2 is 2.12 bits per heavy atom. The van der Waals surface area contributed by atoms with E-state index >= 15 is 0 Å². The smallest absolute Gasteiger partial charge is 0.410 e. The molecular formula is C18H23N5O2. The number of piperidine rings is 1. The van der Waals surface area contributed by atoms with Gasteiger partial charge in [-0.05, 0) is 44.2 Å². The highest BCUT2D eigenvalue weighted by Gasteiger charge is 2.36. The largest absolute Gasteiger partial charge is 0.446 e. The zero-order chi connectivity index (χ0) is 17.2. The van der Waals surface area contributed by atoms with E-state index in [-0.39, 0.29) is 18.2 Å². The maximum Gasteiger partial charge on any atom is 0.410 e. The number of nitrogens with one attached hydrogen (secondary N) is 2.